The molecule has 0 aliphatic carbocycles. The van der Waals surface area contributed by atoms with Crippen LogP contribution in [0.5, 0.6) is 0 Å². The fourth-order valence-corrected chi connectivity index (χ4v) is 2.60. The lowest BCUT2D eigenvalue weighted by Crippen LogP contribution is -1.88. The van der Waals surface area contributed by atoms with Crippen molar-refractivity contribution < 1.29 is 4.79 Å². The number of allylic oxidation sites excluding steroid dienone is 1. The van der Waals surface area contributed by atoms with E-state index in [2.05, 4.69) is 19.1 Å². The van der Waals surface area contributed by atoms with Crippen LogP contribution in [0.15, 0.2) is 36.4 Å². The Balaban J connectivity index is 2.12. The Morgan fingerprint density at radius 1 is 1.05 bits per heavy atom. The summed E-state index contributed by atoms with van der Waals surface area (Å²) in [7, 11) is 0. The first-order valence-electron chi connectivity index (χ1n) is 6.68. The van der Waals surface area contributed by atoms with E-state index in [4.69, 9.17) is 23.2 Å². The monoisotopic (exact) mass is 318 g/mol. The van der Waals surface area contributed by atoms with E-state index in [1.807, 2.05) is 25.1 Å². The van der Waals surface area contributed by atoms with Crippen LogP contribution in [0, 0.1) is 13.8 Å². The largest absolute Gasteiger partial charge is 0.298 e. The summed E-state index contributed by atoms with van der Waals surface area (Å²) in [5, 5.41) is 1.28. The maximum atomic E-state index is 10.7. The molecule has 2 rings (SSSR count). The van der Waals surface area contributed by atoms with Crippen molar-refractivity contribution in [2.24, 2.45) is 0 Å². The Morgan fingerprint density at radius 3 is 2.43 bits per heavy atom. The van der Waals surface area contributed by atoms with Crippen LogP contribution in [0.1, 0.15) is 32.6 Å². The zero-order valence-electron chi connectivity index (χ0n) is 12.0. The Morgan fingerprint density at radius 2 is 1.81 bits per heavy atom. The maximum absolute atomic E-state index is 10.7. The summed E-state index contributed by atoms with van der Waals surface area (Å²) >= 11 is 12.2. The maximum Gasteiger partial charge on any atom is 0.151 e. The Kier molecular flexibility index (Phi) is 5.22. The van der Waals surface area contributed by atoms with Gasteiger partial charge in [0, 0.05) is 10.6 Å². The normalized spacial score (nSPS) is 11.0. The van der Waals surface area contributed by atoms with Crippen LogP contribution in [-0.2, 0) is 6.42 Å². The molecule has 0 radical (unpaired) electrons. The minimum Gasteiger partial charge on any atom is -0.298 e. The minimum atomic E-state index is 0.473. The predicted octanol–water partition coefficient (Wildman–Crippen LogP) is 5.68. The van der Waals surface area contributed by atoms with Gasteiger partial charge in [0.25, 0.3) is 0 Å². The lowest BCUT2D eigenvalue weighted by molar-refractivity contribution is 0.112. The molecule has 0 N–H and O–H groups in total. The molecule has 0 fully saturated rings. The molecule has 108 valence electrons. The minimum absolute atomic E-state index is 0.473. The van der Waals surface area contributed by atoms with Crippen LogP contribution < -0.4 is 0 Å². The van der Waals surface area contributed by atoms with E-state index >= 15 is 0 Å². The Bertz CT molecular complexity index is 679. The first kappa shape index (κ1) is 15.8. The van der Waals surface area contributed by atoms with Gasteiger partial charge in [0.2, 0.25) is 0 Å². The third-order valence-electron chi connectivity index (χ3n) is 3.48. The van der Waals surface area contributed by atoms with Gasteiger partial charge in [0.1, 0.15) is 0 Å². The van der Waals surface area contributed by atoms with Gasteiger partial charge < -0.3 is 0 Å². The average Bonchev–Trinajstić information content (AvgIpc) is 2.45. The van der Waals surface area contributed by atoms with Crippen molar-refractivity contribution >= 4 is 35.6 Å². The summed E-state index contributed by atoms with van der Waals surface area (Å²) in [6.45, 7) is 4.08. The number of benzene rings is 2. The molecule has 2 aromatic carbocycles. The second-order valence-corrected chi connectivity index (χ2v) is 5.84. The van der Waals surface area contributed by atoms with Crippen molar-refractivity contribution in [2.75, 3.05) is 0 Å². The fraction of sp³-hybridized carbons (Fsp3) is 0.167. The molecule has 0 amide bonds. The number of aryl methyl sites for hydroxylation is 1. The van der Waals surface area contributed by atoms with Gasteiger partial charge in [-0.25, -0.2) is 0 Å². The van der Waals surface area contributed by atoms with Gasteiger partial charge in [-0.2, -0.15) is 0 Å². The highest BCUT2D eigenvalue weighted by Crippen LogP contribution is 2.22. The van der Waals surface area contributed by atoms with Gasteiger partial charge in [-0.05, 0) is 60.7 Å². The molecule has 0 aliphatic rings. The van der Waals surface area contributed by atoms with E-state index in [9.17, 15) is 4.79 Å². The summed E-state index contributed by atoms with van der Waals surface area (Å²) in [5.41, 5.74) is 4.98. The molecule has 0 bridgehead atoms. The van der Waals surface area contributed by atoms with Crippen molar-refractivity contribution in [2.45, 2.75) is 20.3 Å². The van der Waals surface area contributed by atoms with Gasteiger partial charge in [-0.3, -0.25) is 4.79 Å². The quantitative estimate of drug-likeness (QED) is 0.663. The molecule has 21 heavy (non-hydrogen) atoms. The molecule has 3 heteroatoms. The molecule has 0 saturated heterocycles. The molecule has 0 unspecified atom stereocenters. The summed E-state index contributed by atoms with van der Waals surface area (Å²) in [4.78, 5) is 10.7. The van der Waals surface area contributed by atoms with E-state index in [1.54, 1.807) is 12.1 Å². The molecular formula is C18H16Cl2O. The summed E-state index contributed by atoms with van der Waals surface area (Å²) in [6, 6.07) is 9.53. The average molecular weight is 319 g/mol. The highest BCUT2D eigenvalue weighted by atomic mass is 35.5. The lowest BCUT2D eigenvalue weighted by atomic mass is 10.0. The first-order chi connectivity index (χ1) is 10.0. The number of hydrogen-bond acceptors (Lipinski definition) is 1. The van der Waals surface area contributed by atoms with Crippen LogP contribution in [0.2, 0.25) is 10.0 Å². The van der Waals surface area contributed by atoms with Crippen LogP contribution >= 0.6 is 23.2 Å². The molecule has 0 aliphatic heterocycles. The molecule has 0 atom stereocenters. The number of carbonyl (C=O) groups is 1. The van der Waals surface area contributed by atoms with Gasteiger partial charge >= 0.3 is 0 Å². The molecule has 0 aromatic heterocycles. The van der Waals surface area contributed by atoms with E-state index in [0.29, 0.717) is 10.6 Å². The summed E-state index contributed by atoms with van der Waals surface area (Å²) in [5.74, 6) is 0. The van der Waals surface area contributed by atoms with Gasteiger partial charge in [-0.15, -0.1) is 0 Å². The van der Waals surface area contributed by atoms with Crippen molar-refractivity contribution in [3.8, 4) is 0 Å². The Hall–Kier alpha value is -1.57. The third kappa shape index (κ3) is 3.96. The van der Waals surface area contributed by atoms with Gasteiger partial charge in [0.05, 0.1) is 5.02 Å². The second-order valence-electron chi connectivity index (χ2n) is 5.02. The molecule has 2 aromatic rings. The third-order valence-corrected chi connectivity index (χ3v) is 4.20. The van der Waals surface area contributed by atoms with Crippen molar-refractivity contribution in [3.05, 3.63) is 74.3 Å². The number of halogens is 2. The van der Waals surface area contributed by atoms with Crippen molar-refractivity contribution in [1.82, 2.24) is 0 Å². The van der Waals surface area contributed by atoms with Crippen molar-refractivity contribution in [1.29, 1.82) is 0 Å². The molecule has 1 nitrogen and oxygen atoms in total. The van der Waals surface area contributed by atoms with E-state index < -0.39 is 0 Å². The van der Waals surface area contributed by atoms with Crippen LogP contribution in [0.25, 0.3) is 6.08 Å². The zero-order valence-corrected chi connectivity index (χ0v) is 13.5. The van der Waals surface area contributed by atoms with E-state index in [-0.39, 0.29) is 0 Å². The highest BCUT2D eigenvalue weighted by Gasteiger charge is 2.02. The molecule has 0 heterocycles. The predicted molar refractivity (Wildman–Crippen MR) is 90.5 cm³/mol. The molecule has 0 spiro atoms. The smallest absolute Gasteiger partial charge is 0.151 e. The van der Waals surface area contributed by atoms with E-state index in [1.165, 1.54) is 11.1 Å². The number of hydrogen-bond donors (Lipinski definition) is 0. The number of aldehydes is 1. The number of carbonyl (C=O) groups excluding carboxylic acids is 1. The standard InChI is InChI=1S/C18H16Cl2O/c1-12-8-15(10-17(19)13(12)2)5-3-4-14-6-7-16(11-21)18(20)9-14/h3-4,6-11H,5H2,1-2H3/b4-3+. The Labute approximate surface area is 135 Å². The number of rotatable bonds is 4. The van der Waals surface area contributed by atoms with Gasteiger partial charge in [0.15, 0.2) is 6.29 Å². The highest BCUT2D eigenvalue weighted by molar-refractivity contribution is 6.33. The topological polar surface area (TPSA) is 17.1 Å². The van der Waals surface area contributed by atoms with E-state index in [0.717, 1.165) is 28.9 Å². The summed E-state index contributed by atoms with van der Waals surface area (Å²) in [6.07, 6.45) is 5.61. The molecule has 0 saturated carbocycles. The summed E-state index contributed by atoms with van der Waals surface area (Å²) < 4.78 is 0. The second kappa shape index (κ2) is 6.93. The fourth-order valence-electron chi connectivity index (χ4n) is 2.08. The SMILES string of the molecule is Cc1cc(C/C=C/c2ccc(C=O)c(Cl)c2)cc(Cl)c1C. The first-order valence-corrected chi connectivity index (χ1v) is 7.43. The molecular weight excluding hydrogens is 303 g/mol. The van der Waals surface area contributed by atoms with Crippen LogP contribution in [-0.4, -0.2) is 6.29 Å². The van der Waals surface area contributed by atoms with Gasteiger partial charge in [-0.1, -0.05) is 47.5 Å². The van der Waals surface area contributed by atoms with Crippen LogP contribution in [0.4, 0.5) is 0 Å². The lowest BCUT2D eigenvalue weighted by Gasteiger charge is -2.06. The van der Waals surface area contributed by atoms with Crippen LogP contribution in [0.3, 0.4) is 0 Å². The van der Waals surface area contributed by atoms with Crippen molar-refractivity contribution in [3.63, 3.8) is 0 Å². The zero-order chi connectivity index (χ0) is 15.4.